The highest BCUT2D eigenvalue weighted by Gasteiger charge is 2.23. The van der Waals surface area contributed by atoms with Crippen molar-refractivity contribution in [2.24, 2.45) is 5.73 Å². The van der Waals surface area contributed by atoms with Crippen LogP contribution in [0.1, 0.15) is 72.1 Å². The van der Waals surface area contributed by atoms with E-state index in [9.17, 15) is 9.59 Å². The van der Waals surface area contributed by atoms with Crippen molar-refractivity contribution in [3.05, 3.63) is 58.5 Å². The molecule has 0 aliphatic carbocycles. The lowest BCUT2D eigenvalue weighted by atomic mass is 10.0. The topological polar surface area (TPSA) is 133 Å². The van der Waals surface area contributed by atoms with Gasteiger partial charge in [0.15, 0.2) is 5.76 Å². The molecular weight excluding hydrogens is 490 g/mol. The van der Waals surface area contributed by atoms with Crippen molar-refractivity contribution in [3.8, 4) is 17.2 Å². The first-order valence-electron chi connectivity index (χ1n) is 12.4. The van der Waals surface area contributed by atoms with Crippen LogP contribution in [0, 0.1) is 0 Å². The van der Waals surface area contributed by atoms with E-state index in [2.05, 4.69) is 20.3 Å². The van der Waals surface area contributed by atoms with Crippen LogP contribution in [-0.4, -0.2) is 33.8 Å². The van der Waals surface area contributed by atoms with Gasteiger partial charge < -0.3 is 20.2 Å². The van der Waals surface area contributed by atoms with Gasteiger partial charge in [0.1, 0.15) is 21.7 Å². The molecule has 1 atom stereocenters. The van der Waals surface area contributed by atoms with Crippen LogP contribution in [0.25, 0.3) is 22.2 Å². The fraction of sp³-hybridized carbons (Fsp3) is 0.370. The van der Waals surface area contributed by atoms with Gasteiger partial charge in [0.2, 0.25) is 11.8 Å². The molecule has 3 N–H and O–H groups in total. The second kappa shape index (κ2) is 12.6. The number of rotatable bonds is 13. The molecule has 194 valence electrons. The van der Waals surface area contributed by atoms with Gasteiger partial charge in [0, 0.05) is 24.8 Å². The number of aromatic nitrogens is 3. The highest BCUT2D eigenvalue weighted by atomic mass is 32.1. The first-order chi connectivity index (χ1) is 18.0. The van der Waals surface area contributed by atoms with E-state index < -0.39 is 6.04 Å². The summed E-state index contributed by atoms with van der Waals surface area (Å²) < 4.78 is 11.7. The Morgan fingerprint density at radius 3 is 2.76 bits per heavy atom. The van der Waals surface area contributed by atoms with E-state index in [1.807, 2.05) is 37.3 Å². The third-order valence-electron chi connectivity index (χ3n) is 6.07. The Labute approximate surface area is 219 Å². The minimum atomic E-state index is -0.453. The molecule has 0 fully saturated rings. The number of nitrogens with two attached hydrogens (primary N) is 1. The maximum absolute atomic E-state index is 13.0. The first-order valence-corrected chi connectivity index (χ1v) is 13.2. The Balaban J connectivity index is 1.55. The summed E-state index contributed by atoms with van der Waals surface area (Å²) in [7, 11) is 1.56. The second-order valence-corrected chi connectivity index (χ2v) is 9.76. The highest BCUT2D eigenvalue weighted by Crippen LogP contribution is 2.33. The minimum Gasteiger partial charge on any atom is -0.480 e. The van der Waals surface area contributed by atoms with Gasteiger partial charge in [0.05, 0.1) is 30.6 Å². The number of benzene rings is 1. The van der Waals surface area contributed by atoms with Crippen LogP contribution >= 0.6 is 11.3 Å². The van der Waals surface area contributed by atoms with Crippen molar-refractivity contribution in [1.29, 1.82) is 0 Å². The summed E-state index contributed by atoms with van der Waals surface area (Å²) in [6.45, 7) is 2.16. The molecule has 9 nitrogen and oxygen atoms in total. The van der Waals surface area contributed by atoms with E-state index in [1.54, 1.807) is 13.3 Å². The van der Waals surface area contributed by atoms with Crippen LogP contribution in [-0.2, 0) is 11.3 Å². The van der Waals surface area contributed by atoms with Gasteiger partial charge >= 0.3 is 0 Å². The second-order valence-electron chi connectivity index (χ2n) is 8.64. The molecule has 3 heterocycles. The van der Waals surface area contributed by atoms with Crippen molar-refractivity contribution in [2.75, 3.05) is 7.11 Å². The zero-order chi connectivity index (χ0) is 26.2. The molecule has 0 aliphatic rings. The largest absolute Gasteiger partial charge is 0.480 e. The lowest BCUT2D eigenvalue weighted by Gasteiger charge is -2.15. The fourth-order valence-electron chi connectivity index (χ4n) is 4.02. The Hall–Kier alpha value is -3.63. The number of pyridine rings is 1. The van der Waals surface area contributed by atoms with Crippen molar-refractivity contribution < 1.29 is 18.7 Å². The Morgan fingerprint density at radius 1 is 1.16 bits per heavy atom. The smallest absolute Gasteiger partial charge is 0.263 e. The van der Waals surface area contributed by atoms with Crippen LogP contribution in [0.15, 0.2) is 47.1 Å². The number of carbonyl (C=O) groups is 2. The van der Waals surface area contributed by atoms with Crippen LogP contribution in [0.3, 0.4) is 0 Å². The monoisotopic (exact) mass is 521 g/mol. The summed E-state index contributed by atoms with van der Waals surface area (Å²) in [5.74, 6) is 1.34. The number of carbonyl (C=O) groups excluding carboxylic acids is 2. The number of amides is 1. The maximum atomic E-state index is 13.0. The molecule has 0 spiro atoms. The average molecular weight is 522 g/mol. The molecule has 0 unspecified atom stereocenters. The van der Waals surface area contributed by atoms with E-state index in [0.29, 0.717) is 52.2 Å². The summed E-state index contributed by atoms with van der Waals surface area (Å²) in [6, 6.07) is 9.26. The molecule has 0 saturated heterocycles. The molecule has 4 rings (SSSR count). The number of ketones is 1. The van der Waals surface area contributed by atoms with Gasteiger partial charge in [-0.05, 0) is 25.0 Å². The Morgan fingerprint density at radius 2 is 2.00 bits per heavy atom. The van der Waals surface area contributed by atoms with E-state index in [1.165, 1.54) is 17.5 Å². The average Bonchev–Trinajstić information content (AvgIpc) is 3.61. The zero-order valence-corrected chi connectivity index (χ0v) is 21.8. The van der Waals surface area contributed by atoms with E-state index in [-0.39, 0.29) is 18.2 Å². The SMILES string of the molecule is CCC(=O)CCCCC[C@H](NC(=O)c1cnc(CN)s1)c1ncc(-c2cc3ccccc3nc2OC)o1. The predicted octanol–water partition coefficient (Wildman–Crippen LogP) is 5.21. The number of thiazole rings is 1. The number of oxazole rings is 1. The molecule has 0 radical (unpaired) electrons. The van der Waals surface area contributed by atoms with Crippen LogP contribution < -0.4 is 15.8 Å². The molecule has 3 aromatic heterocycles. The fourth-order valence-corrected chi connectivity index (χ4v) is 4.72. The number of fused-ring (bicyclic) bond motifs is 1. The van der Waals surface area contributed by atoms with Crippen LogP contribution in [0.5, 0.6) is 5.88 Å². The quantitative estimate of drug-likeness (QED) is 0.229. The standard InChI is InChI=1S/C27H31N5O4S/c1-3-18(33)10-5-4-6-12-21(31-25(34)23-16-29-24(14-28)37-23)27-30-15-22(36-27)19-13-17-9-7-8-11-20(17)32-26(19)35-2/h7-9,11,13,15-16,21H,3-6,10,12,14,28H2,1-2H3,(H,31,34)/t21-/m0/s1. The van der Waals surface area contributed by atoms with Gasteiger partial charge in [-0.3, -0.25) is 9.59 Å². The van der Waals surface area contributed by atoms with Gasteiger partial charge in [-0.25, -0.2) is 15.0 Å². The molecular formula is C27H31N5O4S. The number of Topliss-reactive ketones (excluding diaryl/α,β-unsaturated/α-hetero) is 1. The summed E-state index contributed by atoms with van der Waals surface area (Å²) in [6.07, 6.45) is 7.40. The molecule has 0 saturated carbocycles. The molecule has 37 heavy (non-hydrogen) atoms. The summed E-state index contributed by atoms with van der Waals surface area (Å²) in [4.78, 5) is 38.3. The molecule has 0 aliphatic heterocycles. The van der Waals surface area contributed by atoms with E-state index >= 15 is 0 Å². The highest BCUT2D eigenvalue weighted by molar-refractivity contribution is 7.13. The Kier molecular flexibility index (Phi) is 8.97. The molecule has 10 heteroatoms. The van der Waals surface area contributed by atoms with Gasteiger partial charge in [0.25, 0.3) is 5.91 Å². The van der Waals surface area contributed by atoms with E-state index in [0.717, 1.165) is 30.2 Å². The number of nitrogens with one attached hydrogen (secondary N) is 1. The van der Waals surface area contributed by atoms with Crippen molar-refractivity contribution >= 4 is 33.9 Å². The molecule has 0 bridgehead atoms. The number of unbranched alkanes of at least 4 members (excludes halogenated alkanes) is 2. The number of nitrogens with zero attached hydrogens (tertiary/aromatic N) is 3. The molecule has 4 aromatic rings. The summed E-state index contributed by atoms with van der Waals surface area (Å²) in [5, 5.41) is 4.68. The normalized spacial score (nSPS) is 12.0. The predicted molar refractivity (Wildman–Crippen MR) is 142 cm³/mol. The third kappa shape index (κ3) is 6.58. The van der Waals surface area contributed by atoms with E-state index in [4.69, 9.17) is 14.9 Å². The third-order valence-corrected chi connectivity index (χ3v) is 7.09. The lowest BCUT2D eigenvalue weighted by Crippen LogP contribution is -2.28. The summed E-state index contributed by atoms with van der Waals surface area (Å²) >= 11 is 1.26. The van der Waals surface area contributed by atoms with Crippen LogP contribution in [0.4, 0.5) is 0 Å². The van der Waals surface area contributed by atoms with Crippen molar-refractivity contribution in [3.63, 3.8) is 0 Å². The number of ether oxygens (including phenoxy) is 1. The number of hydrogen-bond acceptors (Lipinski definition) is 9. The summed E-state index contributed by atoms with van der Waals surface area (Å²) in [5.41, 5.74) is 7.14. The maximum Gasteiger partial charge on any atom is 0.263 e. The van der Waals surface area contributed by atoms with Gasteiger partial charge in [-0.2, -0.15) is 0 Å². The first kappa shape index (κ1) is 26.4. The number of hydrogen-bond donors (Lipinski definition) is 2. The number of para-hydroxylation sites is 1. The zero-order valence-electron chi connectivity index (χ0n) is 21.0. The minimum absolute atomic E-state index is 0.256. The molecule has 1 amide bonds. The lowest BCUT2D eigenvalue weighted by molar-refractivity contribution is -0.118. The Bertz CT molecular complexity index is 1370. The number of methoxy groups -OCH3 is 1. The van der Waals surface area contributed by atoms with Gasteiger partial charge in [-0.15, -0.1) is 11.3 Å². The van der Waals surface area contributed by atoms with Crippen molar-refractivity contribution in [2.45, 2.75) is 58.0 Å². The van der Waals surface area contributed by atoms with Gasteiger partial charge in [-0.1, -0.05) is 38.0 Å². The molecule has 1 aromatic carbocycles. The van der Waals surface area contributed by atoms with Crippen LogP contribution in [0.2, 0.25) is 0 Å². The van der Waals surface area contributed by atoms with Crippen molar-refractivity contribution in [1.82, 2.24) is 20.3 Å².